The third kappa shape index (κ3) is 3.13. The van der Waals surface area contributed by atoms with Gasteiger partial charge in [-0.2, -0.15) is 0 Å². The monoisotopic (exact) mass is 182 g/mol. The summed E-state index contributed by atoms with van der Waals surface area (Å²) >= 11 is 0. The van der Waals surface area contributed by atoms with E-state index in [4.69, 9.17) is 0 Å². The second kappa shape index (κ2) is 5.41. The molecule has 0 aromatic carbocycles. The summed E-state index contributed by atoms with van der Waals surface area (Å²) in [5.74, 6) is 1.48. The highest BCUT2D eigenvalue weighted by molar-refractivity contribution is 5.80. The van der Waals surface area contributed by atoms with Gasteiger partial charge in [0.05, 0.1) is 0 Å². The number of carbonyl (C=O) groups excluding carboxylic acids is 1. The summed E-state index contributed by atoms with van der Waals surface area (Å²) in [6.07, 6.45) is 8.72. The van der Waals surface area contributed by atoms with Crippen LogP contribution in [0.3, 0.4) is 0 Å². The largest absolute Gasteiger partial charge is 0.299 e. The number of ketones is 1. The molecule has 13 heavy (non-hydrogen) atoms. The lowest BCUT2D eigenvalue weighted by molar-refractivity contribution is -0.123. The maximum absolute atomic E-state index is 11.5. The Balaban J connectivity index is 2.43. The Morgan fingerprint density at radius 2 is 1.77 bits per heavy atom. The summed E-state index contributed by atoms with van der Waals surface area (Å²) in [7, 11) is 0. The molecular weight excluding hydrogens is 160 g/mol. The maximum Gasteiger partial charge on any atom is 0.135 e. The molecular formula is C12H22O. The molecule has 0 aromatic heterocycles. The summed E-state index contributed by atoms with van der Waals surface area (Å²) in [4.78, 5) is 11.5. The average Bonchev–Trinajstić information content (AvgIpc) is 2.43. The smallest absolute Gasteiger partial charge is 0.135 e. The van der Waals surface area contributed by atoms with Gasteiger partial charge >= 0.3 is 0 Å². The lowest BCUT2D eigenvalue weighted by atomic mass is 9.84. The van der Waals surface area contributed by atoms with E-state index in [1.807, 2.05) is 6.92 Å². The Morgan fingerprint density at radius 1 is 1.23 bits per heavy atom. The van der Waals surface area contributed by atoms with Crippen LogP contribution in [-0.2, 0) is 4.79 Å². The first-order valence-corrected chi connectivity index (χ1v) is 5.78. The minimum atomic E-state index is 0.322. The molecule has 1 saturated carbocycles. The van der Waals surface area contributed by atoms with Crippen molar-refractivity contribution in [1.82, 2.24) is 0 Å². The SMILES string of the molecule is CCC(=O)C(C)C1CCCCCC1. The third-order valence-corrected chi connectivity index (χ3v) is 3.46. The van der Waals surface area contributed by atoms with E-state index in [0.29, 0.717) is 17.6 Å². The van der Waals surface area contributed by atoms with Crippen molar-refractivity contribution < 1.29 is 4.79 Å². The van der Waals surface area contributed by atoms with E-state index >= 15 is 0 Å². The van der Waals surface area contributed by atoms with Gasteiger partial charge in [-0.15, -0.1) is 0 Å². The molecule has 0 bridgehead atoms. The Morgan fingerprint density at radius 3 is 2.23 bits per heavy atom. The fraction of sp³-hybridized carbons (Fsp3) is 0.917. The first-order valence-electron chi connectivity index (χ1n) is 5.78. The molecule has 0 aromatic rings. The van der Waals surface area contributed by atoms with Crippen LogP contribution >= 0.6 is 0 Å². The zero-order chi connectivity index (χ0) is 9.68. The number of rotatable bonds is 3. The van der Waals surface area contributed by atoms with Crippen LogP contribution in [0, 0.1) is 11.8 Å². The predicted molar refractivity (Wildman–Crippen MR) is 55.7 cm³/mol. The first-order chi connectivity index (χ1) is 6.25. The Kier molecular flexibility index (Phi) is 4.47. The topological polar surface area (TPSA) is 17.1 Å². The normalized spacial score (nSPS) is 22.3. The summed E-state index contributed by atoms with van der Waals surface area (Å²) < 4.78 is 0. The average molecular weight is 182 g/mol. The van der Waals surface area contributed by atoms with E-state index in [2.05, 4.69) is 6.92 Å². The van der Waals surface area contributed by atoms with E-state index in [1.54, 1.807) is 0 Å². The van der Waals surface area contributed by atoms with Crippen LogP contribution in [0.5, 0.6) is 0 Å². The fourth-order valence-corrected chi connectivity index (χ4v) is 2.40. The van der Waals surface area contributed by atoms with Gasteiger partial charge in [0, 0.05) is 12.3 Å². The molecule has 0 spiro atoms. The van der Waals surface area contributed by atoms with Gasteiger partial charge < -0.3 is 0 Å². The quantitative estimate of drug-likeness (QED) is 0.610. The van der Waals surface area contributed by atoms with Crippen molar-refractivity contribution in [3.8, 4) is 0 Å². The van der Waals surface area contributed by atoms with E-state index in [-0.39, 0.29) is 0 Å². The Labute approximate surface area is 81.9 Å². The second-order valence-electron chi connectivity index (χ2n) is 4.36. The molecule has 76 valence electrons. The molecule has 1 aliphatic carbocycles. The van der Waals surface area contributed by atoms with Gasteiger partial charge in [0.25, 0.3) is 0 Å². The number of hydrogen-bond acceptors (Lipinski definition) is 1. The van der Waals surface area contributed by atoms with Gasteiger partial charge in [0.2, 0.25) is 0 Å². The molecule has 1 atom stereocenters. The minimum absolute atomic E-state index is 0.322. The van der Waals surface area contributed by atoms with Gasteiger partial charge in [0.1, 0.15) is 5.78 Å². The molecule has 1 heteroatoms. The zero-order valence-electron chi connectivity index (χ0n) is 9.01. The minimum Gasteiger partial charge on any atom is -0.299 e. The highest BCUT2D eigenvalue weighted by Gasteiger charge is 2.23. The van der Waals surface area contributed by atoms with Crippen molar-refractivity contribution in [2.24, 2.45) is 11.8 Å². The van der Waals surface area contributed by atoms with E-state index < -0.39 is 0 Å². The van der Waals surface area contributed by atoms with Gasteiger partial charge in [-0.1, -0.05) is 39.5 Å². The number of hydrogen-bond donors (Lipinski definition) is 0. The van der Waals surface area contributed by atoms with E-state index in [9.17, 15) is 4.79 Å². The number of Topliss-reactive ketones (excluding diaryl/α,β-unsaturated/α-hetero) is 1. The molecule has 1 fully saturated rings. The van der Waals surface area contributed by atoms with Gasteiger partial charge in [-0.25, -0.2) is 0 Å². The molecule has 0 radical (unpaired) electrons. The van der Waals surface area contributed by atoms with Crippen molar-refractivity contribution in [2.75, 3.05) is 0 Å². The molecule has 0 heterocycles. The second-order valence-corrected chi connectivity index (χ2v) is 4.36. The van der Waals surface area contributed by atoms with E-state index in [0.717, 1.165) is 6.42 Å². The third-order valence-electron chi connectivity index (χ3n) is 3.46. The van der Waals surface area contributed by atoms with Crippen molar-refractivity contribution in [2.45, 2.75) is 58.8 Å². The summed E-state index contributed by atoms with van der Waals surface area (Å²) in [6, 6.07) is 0. The van der Waals surface area contributed by atoms with Gasteiger partial charge in [-0.3, -0.25) is 4.79 Å². The zero-order valence-corrected chi connectivity index (χ0v) is 9.01. The highest BCUT2D eigenvalue weighted by Crippen LogP contribution is 2.29. The summed E-state index contributed by atoms with van der Waals surface area (Å²) in [5, 5.41) is 0. The van der Waals surface area contributed by atoms with Crippen LogP contribution in [0.2, 0.25) is 0 Å². The molecule has 1 aliphatic rings. The van der Waals surface area contributed by atoms with Crippen LogP contribution in [0.25, 0.3) is 0 Å². The molecule has 1 nitrogen and oxygen atoms in total. The van der Waals surface area contributed by atoms with Crippen molar-refractivity contribution in [1.29, 1.82) is 0 Å². The molecule has 0 N–H and O–H groups in total. The molecule has 1 unspecified atom stereocenters. The highest BCUT2D eigenvalue weighted by atomic mass is 16.1. The van der Waals surface area contributed by atoms with Crippen molar-refractivity contribution in [3.05, 3.63) is 0 Å². The van der Waals surface area contributed by atoms with Crippen LogP contribution in [0.4, 0.5) is 0 Å². The number of carbonyl (C=O) groups is 1. The van der Waals surface area contributed by atoms with Gasteiger partial charge in [0.15, 0.2) is 0 Å². The van der Waals surface area contributed by atoms with Crippen LogP contribution < -0.4 is 0 Å². The first kappa shape index (κ1) is 10.7. The molecule has 0 aliphatic heterocycles. The Bertz CT molecular complexity index is 155. The molecule has 0 amide bonds. The molecule has 0 saturated heterocycles. The van der Waals surface area contributed by atoms with Crippen LogP contribution in [-0.4, -0.2) is 5.78 Å². The van der Waals surface area contributed by atoms with Crippen LogP contribution in [0.1, 0.15) is 58.8 Å². The van der Waals surface area contributed by atoms with Crippen molar-refractivity contribution in [3.63, 3.8) is 0 Å². The van der Waals surface area contributed by atoms with E-state index in [1.165, 1.54) is 38.5 Å². The molecule has 1 rings (SSSR count). The maximum atomic E-state index is 11.5. The fourth-order valence-electron chi connectivity index (χ4n) is 2.40. The van der Waals surface area contributed by atoms with Gasteiger partial charge in [-0.05, 0) is 18.8 Å². The summed E-state index contributed by atoms with van der Waals surface area (Å²) in [5.41, 5.74) is 0. The van der Waals surface area contributed by atoms with Crippen molar-refractivity contribution >= 4 is 5.78 Å². The Hall–Kier alpha value is -0.330. The predicted octanol–water partition coefficient (Wildman–Crippen LogP) is 3.57. The lowest BCUT2D eigenvalue weighted by Crippen LogP contribution is -2.19. The lowest BCUT2D eigenvalue weighted by Gasteiger charge is -2.20. The standard InChI is InChI=1S/C12H22O/c1-3-12(13)10(2)11-8-6-4-5-7-9-11/h10-11H,3-9H2,1-2H3. The van der Waals surface area contributed by atoms with Crippen LogP contribution in [0.15, 0.2) is 0 Å². The summed E-state index contributed by atoms with van der Waals surface area (Å²) in [6.45, 7) is 4.11.